The fraction of sp³-hybridized carbons (Fsp3) is 0.353. The highest BCUT2D eigenvalue weighted by atomic mass is 19.4. The van der Waals surface area contributed by atoms with Gasteiger partial charge in [0.2, 0.25) is 0 Å². The van der Waals surface area contributed by atoms with Crippen molar-refractivity contribution < 1.29 is 27.9 Å². The number of nitrogens with zero attached hydrogens (tertiary/aromatic N) is 3. The van der Waals surface area contributed by atoms with Gasteiger partial charge in [-0.05, 0) is 31.5 Å². The number of carbonyl (C=O) groups excluding carboxylic acids is 1. The predicted octanol–water partition coefficient (Wildman–Crippen LogP) is 3.14. The summed E-state index contributed by atoms with van der Waals surface area (Å²) in [4.78, 5) is 24.7. The topological polar surface area (TPSA) is 75.4 Å². The summed E-state index contributed by atoms with van der Waals surface area (Å²) in [5.74, 6) is -1.67. The minimum atomic E-state index is -4.49. The molecule has 1 N–H and O–H groups in total. The van der Waals surface area contributed by atoms with Gasteiger partial charge in [-0.2, -0.15) is 18.3 Å². The summed E-state index contributed by atoms with van der Waals surface area (Å²) >= 11 is 0. The summed E-state index contributed by atoms with van der Waals surface area (Å²) in [6.07, 6.45) is -2.68. The molecular formula is C17H18F3N3O3. The molecule has 1 aromatic heterocycles. The molecule has 0 atom stereocenters. The largest absolute Gasteiger partial charge is 0.480 e. The number of alkyl halides is 3. The number of hydrogen-bond acceptors (Lipinski definition) is 3. The Morgan fingerprint density at radius 2 is 2.00 bits per heavy atom. The summed E-state index contributed by atoms with van der Waals surface area (Å²) in [6, 6.07) is 4.60. The summed E-state index contributed by atoms with van der Waals surface area (Å²) in [7, 11) is 0. The quantitative estimate of drug-likeness (QED) is 0.849. The molecule has 6 nitrogen and oxygen atoms in total. The van der Waals surface area contributed by atoms with Crippen molar-refractivity contribution >= 4 is 11.9 Å². The molecular weight excluding hydrogens is 351 g/mol. The molecule has 0 radical (unpaired) electrons. The normalized spacial score (nSPS) is 11.4. The highest BCUT2D eigenvalue weighted by Gasteiger charge is 2.31. The number of carboxylic acids is 1. The van der Waals surface area contributed by atoms with Crippen LogP contribution in [0.15, 0.2) is 30.5 Å². The van der Waals surface area contributed by atoms with E-state index in [0.717, 1.165) is 12.1 Å². The van der Waals surface area contributed by atoms with Crippen LogP contribution in [0.4, 0.5) is 13.2 Å². The van der Waals surface area contributed by atoms with Crippen LogP contribution >= 0.6 is 0 Å². The molecule has 1 heterocycles. The lowest BCUT2D eigenvalue weighted by Crippen LogP contribution is -2.36. The molecule has 2 aromatic rings. The fourth-order valence-corrected chi connectivity index (χ4v) is 2.55. The van der Waals surface area contributed by atoms with Crippen molar-refractivity contribution in [1.82, 2.24) is 14.7 Å². The zero-order valence-corrected chi connectivity index (χ0v) is 14.2. The first kappa shape index (κ1) is 19.5. The number of amides is 1. The first-order valence-corrected chi connectivity index (χ1v) is 7.88. The minimum absolute atomic E-state index is 0.150. The van der Waals surface area contributed by atoms with Gasteiger partial charge in [-0.3, -0.25) is 9.59 Å². The van der Waals surface area contributed by atoms with Crippen LogP contribution < -0.4 is 0 Å². The molecule has 1 amide bonds. The van der Waals surface area contributed by atoms with Gasteiger partial charge in [-0.1, -0.05) is 13.0 Å². The van der Waals surface area contributed by atoms with Crippen LogP contribution in [0.3, 0.4) is 0 Å². The van der Waals surface area contributed by atoms with Crippen molar-refractivity contribution in [1.29, 1.82) is 0 Å². The SMILES string of the molecule is CCCN(CC(=O)O)C(=O)c1cnn(-c2cccc(C(F)(F)F)c2)c1C. The van der Waals surface area contributed by atoms with E-state index in [-0.39, 0.29) is 17.8 Å². The van der Waals surface area contributed by atoms with Gasteiger partial charge in [0.1, 0.15) is 6.54 Å². The van der Waals surface area contributed by atoms with E-state index in [2.05, 4.69) is 5.10 Å². The van der Waals surface area contributed by atoms with Crippen LogP contribution in [0.5, 0.6) is 0 Å². The van der Waals surface area contributed by atoms with E-state index in [0.29, 0.717) is 12.1 Å². The molecule has 1 aromatic carbocycles. The van der Waals surface area contributed by atoms with Crippen molar-refractivity contribution in [3.63, 3.8) is 0 Å². The Labute approximate surface area is 147 Å². The summed E-state index contributed by atoms with van der Waals surface area (Å²) in [6.45, 7) is 3.15. The second kappa shape index (κ2) is 7.59. The van der Waals surface area contributed by atoms with Crippen molar-refractivity contribution in [3.8, 4) is 5.69 Å². The molecule has 26 heavy (non-hydrogen) atoms. The average molecular weight is 369 g/mol. The summed E-state index contributed by atoms with van der Waals surface area (Å²) in [5, 5.41) is 13.0. The third-order valence-corrected chi connectivity index (χ3v) is 3.77. The molecule has 2 rings (SSSR count). The Balaban J connectivity index is 2.38. The van der Waals surface area contributed by atoms with Gasteiger partial charge in [-0.15, -0.1) is 0 Å². The number of benzene rings is 1. The van der Waals surface area contributed by atoms with Crippen molar-refractivity contribution in [2.24, 2.45) is 0 Å². The van der Waals surface area contributed by atoms with Crippen LogP contribution in [0.1, 0.15) is 35.0 Å². The molecule has 0 saturated carbocycles. The maximum atomic E-state index is 12.9. The molecule has 140 valence electrons. The first-order chi connectivity index (χ1) is 12.1. The predicted molar refractivity (Wildman–Crippen MR) is 87.1 cm³/mol. The standard InChI is InChI=1S/C17H18F3N3O3/c1-3-7-22(10-15(24)25)16(26)14-9-21-23(11(14)2)13-6-4-5-12(8-13)17(18,19)20/h4-6,8-9H,3,7,10H2,1-2H3,(H,24,25). The highest BCUT2D eigenvalue weighted by molar-refractivity contribution is 5.96. The number of carbonyl (C=O) groups is 2. The van der Waals surface area contributed by atoms with Crippen LogP contribution in [-0.2, 0) is 11.0 Å². The number of halogens is 3. The Bertz CT molecular complexity index is 815. The Kier molecular flexibility index (Phi) is 5.69. The third kappa shape index (κ3) is 4.22. The smallest absolute Gasteiger partial charge is 0.416 e. The van der Waals surface area contributed by atoms with Gasteiger partial charge in [0.25, 0.3) is 5.91 Å². The van der Waals surface area contributed by atoms with Crippen molar-refractivity contribution in [2.75, 3.05) is 13.1 Å². The van der Waals surface area contributed by atoms with Gasteiger partial charge in [0, 0.05) is 6.54 Å². The number of carboxylic acid groups (broad SMARTS) is 1. The van der Waals surface area contributed by atoms with E-state index >= 15 is 0 Å². The van der Waals surface area contributed by atoms with Crippen molar-refractivity contribution in [3.05, 3.63) is 47.3 Å². The number of rotatable bonds is 6. The van der Waals surface area contributed by atoms with E-state index in [1.54, 1.807) is 13.8 Å². The summed E-state index contributed by atoms with van der Waals surface area (Å²) < 4.78 is 39.9. The van der Waals surface area contributed by atoms with Gasteiger partial charge in [0.15, 0.2) is 0 Å². The molecule has 0 aliphatic heterocycles. The first-order valence-electron chi connectivity index (χ1n) is 7.88. The zero-order chi connectivity index (χ0) is 19.5. The highest BCUT2D eigenvalue weighted by Crippen LogP contribution is 2.30. The second-order valence-electron chi connectivity index (χ2n) is 5.72. The maximum Gasteiger partial charge on any atom is 0.416 e. The Morgan fingerprint density at radius 3 is 2.58 bits per heavy atom. The van der Waals surface area contributed by atoms with Gasteiger partial charge in [0.05, 0.1) is 28.7 Å². The third-order valence-electron chi connectivity index (χ3n) is 3.77. The average Bonchev–Trinajstić information content (AvgIpc) is 2.94. The van der Waals surface area contributed by atoms with Gasteiger partial charge in [-0.25, -0.2) is 4.68 Å². The van der Waals surface area contributed by atoms with E-state index < -0.39 is 30.2 Å². The maximum absolute atomic E-state index is 12.9. The van der Waals surface area contributed by atoms with E-state index in [9.17, 15) is 22.8 Å². The monoisotopic (exact) mass is 369 g/mol. The molecule has 0 unspecified atom stereocenters. The van der Waals surface area contributed by atoms with Gasteiger partial charge >= 0.3 is 12.1 Å². The second-order valence-corrected chi connectivity index (χ2v) is 5.72. The van der Waals surface area contributed by atoms with Gasteiger partial charge < -0.3 is 10.0 Å². The van der Waals surface area contributed by atoms with Crippen LogP contribution in [-0.4, -0.2) is 44.8 Å². The lowest BCUT2D eigenvalue weighted by molar-refractivity contribution is -0.138. The van der Waals surface area contributed by atoms with Crippen LogP contribution in [0.2, 0.25) is 0 Å². The Morgan fingerprint density at radius 1 is 1.31 bits per heavy atom. The Hall–Kier alpha value is -2.84. The number of aliphatic carboxylic acids is 1. The number of aromatic nitrogens is 2. The fourth-order valence-electron chi connectivity index (χ4n) is 2.55. The summed E-state index contributed by atoms with van der Waals surface area (Å²) in [5.41, 5.74) is -0.175. The van der Waals surface area contributed by atoms with Crippen molar-refractivity contribution in [2.45, 2.75) is 26.4 Å². The molecule has 0 saturated heterocycles. The van der Waals surface area contributed by atoms with E-state index in [4.69, 9.17) is 5.11 Å². The van der Waals surface area contributed by atoms with Crippen LogP contribution in [0, 0.1) is 6.92 Å². The van der Waals surface area contributed by atoms with Crippen LogP contribution in [0.25, 0.3) is 5.69 Å². The zero-order valence-electron chi connectivity index (χ0n) is 14.2. The molecule has 0 spiro atoms. The molecule has 9 heteroatoms. The molecule has 0 aliphatic carbocycles. The van der Waals surface area contributed by atoms with E-state index in [1.807, 2.05) is 0 Å². The molecule has 0 fully saturated rings. The number of hydrogen-bond donors (Lipinski definition) is 1. The van der Waals surface area contributed by atoms with E-state index in [1.165, 1.54) is 27.9 Å². The molecule has 0 aliphatic rings. The minimum Gasteiger partial charge on any atom is -0.480 e. The lowest BCUT2D eigenvalue weighted by atomic mass is 10.2. The lowest BCUT2D eigenvalue weighted by Gasteiger charge is -2.19. The molecule has 0 bridgehead atoms.